The Balaban J connectivity index is 1.66. The van der Waals surface area contributed by atoms with E-state index in [9.17, 15) is 9.59 Å². The van der Waals surface area contributed by atoms with Gasteiger partial charge in [-0.15, -0.1) is 0 Å². The fourth-order valence-electron chi connectivity index (χ4n) is 2.83. The second-order valence-electron chi connectivity index (χ2n) is 6.11. The average molecular weight is 372 g/mol. The summed E-state index contributed by atoms with van der Waals surface area (Å²) in [4.78, 5) is 28.8. The summed E-state index contributed by atoms with van der Waals surface area (Å²) in [5, 5.41) is 3.15. The third-order valence-corrected chi connectivity index (χ3v) is 4.28. The van der Waals surface area contributed by atoms with Gasteiger partial charge in [0.15, 0.2) is 5.43 Å². The van der Waals surface area contributed by atoms with Crippen molar-refractivity contribution >= 4 is 22.6 Å². The average Bonchev–Trinajstić information content (AvgIpc) is 2.74. The van der Waals surface area contributed by atoms with Gasteiger partial charge in [0, 0.05) is 29.7 Å². The zero-order valence-corrected chi connectivity index (χ0v) is 15.0. The minimum Gasteiger partial charge on any atom is -0.497 e. The number of carbonyl (C=O) groups is 1. The Hall–Kier alpha value is -3.93. The van der Waals surface area contributed by atoms with E-state index in [4.69, 9.17) is 9.15 Å². The number of aromatic nitrogens is 1. The maximum atomic E-state index is 12.6. The molecule has 6 nitrogen and oxygen atoms in total. The summed E-state index contributed by atoms with van der Waals surface area (Å²) in [6, 6.07) is 17.0. The first-order chi connectivity index (χ1) is 13.6. The molecule has 0 aliphatic carbocycles. The molecule has 2 aromatic carbocycles. The molecule has 0 radical (unpaired) electrons. The molecule has 0 aliphatic rings. The second kappa shape index (κ2) is 7.36. The number of nitrogens with one attached hydrogen (secondary N) is 1. The molecule has 2 aromatic heterocycles. The Morgan fingerprint density at radius 1 is 1.07 bits per heavy atom. The SMILES string of the molecule is COc1ccc(-c2cc(=O)c3cc(NC(=O)c4cccnc4)ccc3o2)cc1. The molecule has 0 spiro atoms. The Morgan fingerprint density at radius 2 is 1.89 bits per heavy atom. The van der Waals surface area contributed by atoms with Gasteiger partial charge in [0.1, 0.15) is 17.1 Å². The molecular formula is C22H16N2O4. The number of hydrogen-bond donors (Lipinski definition) is 1. The molecule has 28 heavy (non-hydrogen) atoms. The third-order valence-electron chi connectivity index (χ3n) is 4.28. The van der Waals surface area contributed by atoms with Crippen LogP contribution < -0.4 is 15.5 Å². The molecule has 4 rings (SSSR count). The number of rotatable bonds is 4. The van der Waals surface area contributed by atoms with Gasteiger partial charge in [-0.2, -0.15) is 0 Å². The van der Waals surface area contributed by atoms with Crippen molar-refractivity contribution in [2.45, 2.75) is 0 Å². The Kier molecular flexibility index (Phi) is 4.60. The first-order valence-electron chi connectivity index (χ1n) is 8.58. The van der Waals surface area contributed by atoms with Crippen LogP contribution in [0.1, 0.15) is 10.4 Å². The zero-order valence-electron chi connectivity index (χ0n) is 15.0. The van der Waals surface area contributed by atoms with Crippen LogP contribution in [0.5, 0.6) is 5.75 Å². The van der Waals surface area contributed by atoms with Crippen LogP contribution in [0.15, 0.2) is 82.3 Å². The van der Waals surface area contributed by atoms with Crippen LogP contribution in [0.25, 0.3) is 22.3 Å². The lowest BCUT2D eigenvalue weighted by Gasteiger charge is -2.08. The first-order valence-corrected chi connectivity index (χ1v) is 8.58. The van der Waals surface area contributed by atoms with Gasteiger partial charge >= 0.3 is 0 Å². The second-order valence-corrected chi connectivity index (χ2v) is 6.11. The molecule has 0 aliphatic heterocycles. The highest BCUT2D eigenvalue weighted by Gasteiger charge is 2.10. The summed E-state index contributed by atoms with van der Waals surface area (Å²) in [6.07, 6.45) is 3.07. The number of pyridine rings is 1. The quantitative estimate of drug-likeness (QED) is 0.583. The number of carbonyl (C=O) groups excluding carboxylic acids is 1. The predicted molar refractivity (Wildman–Crippen MR) is 107 cm³/mol. The van der Waals surface area contributed by atoms with Gasteiger partial charge in [-0.3, -0.25) is 14.6 Å². The molecule has 0 atom stereocenters. The summed E-state index contributed by atoms with van der Waals surface area (Å²) >= 11 is 0. The highest BCUT2D eigenvalue weighted by molar-refractivity contribution is 6.04. The Bertz CT molecular complexity index is 1200. The predicted octanol–water partition coefficient (Wildman–Crippen LogP) is 4.12. The van der Waals surface area contributed by atoms with E-state index in [0.29, 0.717) is 28.0 Å². The van der Waals surface area contributed by atoms with E-state index in [1.807, 2.05) is 12.1 Å². The number of methoxy groups -OCH3 is 1. The van der Waals surface area contributed by atoms with E-state index in [0.717, 1.165) is 11.3 Å². The highest BCUT2D eigenvalue weighted by atomic mass is 16.5. The number of anilines is 1. The molecule has 0 fully saturated rings. The lowest BCUT2D eigenvalue weighted by molar-refractivity contribution is 0.102. The topological polar surface area (TPSA) is 81.4 Å². The van der Waals surface area contributed by atoms with Crippen molar-refractivity contribution in [2.24, 2.45) is 0 Å². The number of nitrogens with zero attached hydrogens (tertiary/aromatic N) is 1. The van der Waals surface area contributed by atoms with Gasteiger partial charge in [0.05, 0.1) is 18.1 Å². The standard InChI is InChI=1S/C22H16N2O4/c1-27-17-7-4-14(5-8-17)21-12-19(25)18-11-16(6-9-20(18)28-21)24-22(26)15-3-2-10-23-13-15/h2-13H,1H3,(H,24,26). The summed E-state index contributed by atoms with van der Waals surface area (Å²) in [5.41, 5.74) is 1.96. The molecule has 0 unspecified atom stereocenters. The van der Waals surface area contributed by atoms with Crippen LogP contribution in [0.3, 0.4) is 0 Å². The normalized spacial score (nSPS) is 10.6. The van der Waals surface area contributed by atoms with Crippen LogP contribution in [0.2, 0.25) is 0 Å². The molecule has 1 N–H and O–H groups in total. The van der Waals surface area contributed by atoms with E-state index < -0.39 is 0 Å². The van der Waals surface area contributed by atoms with Crippen LogP contribution in [0, 0.1) is 0 Å². The van der Waals surface area contributed by atoms with E-state index in [1.54, 1.807) is 55.8 Å². The molecule has 0 bridgehead atoms. The maximum absolute atomic E-state index is 12.6. The minimum atomic E-state index is -0.299. The summed E-state index contributed by atoms with van der Waals surface area (Å²) < 4.78 is 11.0. The van der Waals surface area contributed by atoms with Crippen molar-refractivity contribution in [3.8, 4) is 17.1 Å². The monoisotopic (exact) mass is 372 g/mol. The lowest BCUT2D eigenvalue weighted by Crippen LogP contribution is -2.12. The first kappa shape index (κ1) is 17.5. The summed E-state index contributed by atoms with van der Waals surface area (Å²) in [6.45, 7) is 0. The number of hydrogen-bond acceptors (Lipinski definition) is 5. The fourth-order valence-corrected chi connectivity index (χ4v) is 2.83. The van der Waals surface area contributed by atoms with Crippen LogP contribution >= 0.6 is 0 Å². The van der Waals surface area contributed by atoms with Crippen molar-refractivity contribution in [3.05, 3.63) is 88.8 Å². The van der Waals surface area contributed by atoms with Gasteiger partial charge < -0.3 is 14.5 Å². The van der Waals surface area contributed by atoms with Crippen molar-refractivity contribution in [1.29, 1.82) is 0 Å². The van der Waals surface area contributed by atoms with Crippen molar-refractivity contribution in [2.75, 3.05) is 12.4 Å². The van der Waals surface area contributed by atoms with Gasteiger partial charge in [0.2, 0.25) is 0 Å². The van der Waals surface area contributed by atoms with Gasteiger partial charge in [-0.1, -0.05) is 0 Å². The number of amides is 1. The molecule has 0 saturated carbocycles. The van der Waals surface area contributed by atoms with E-state index in [-0.39, 0.29) is 11.3 Å². The van der Waals surface area contributed by atoms with Crippen LogP contribution in [-0.2, 0) is 0 Å². The smallest absolute Gasteiger partial charge is 0.257 e. The van der Waals surface area contributed by atoms with Crippen molar-refractivity contribution in [3.63, 3.8) is 0 Å². The van der Waals surface area contributed by atoms with E-state index in [2.05, 4.69) is 10.3 Å². The summed E-state index contributed by atoms with van der Waals surface area (Å²) in [5.74, 6) is 0.889. The Labute approximate surface area is 160 Å². The third kappa shape index (κ3) is 3.48. The lowest BCUT2D eigenvalue weighted by atomic mass is 10.1. The summed E-state index contributed by atoms with van der Waals surface area (Å²) in [7, 11) is 1.59. The molecule has 138 valence electrons. The molecule has 0 saturated heterocycles. The maximum Gasteiger partial charge on any atom is 0.257 e. The van der Waals surface area contributed by atoms with Gasteiger partial charge in [-0.25, -0.2) is 0 Å². The van der Waals surface area contributed by atoms with E-state index in [1.165, 1.54) is 12.3 Å². The number of ether oxygens (including phenoxy) is 1. The highest BCUT2D eigenvalue weighted by Crippen LogP contribution is 2.25. The van der Waals surface area contributed by atoms with Crippen molar-refractivity contribution in [1.82, 2.24) is 4.98 Å². The largest absolute Gasteiger partial charge is 0.497 e. The molecule has 6 heteroatoms. The number of benzene rings is 2. The number of fused-ring (bicyclic) bond motifs is 1. The van der Waals surface area contributed by atoms with E-state index >= 15 is 0 Å². The Morgan fingerprint density at radius 3 is 2.61 bits per heavy atom. The molecular weight excluding hydrogens is 356 g/mol. The molecule has 4 aromatic rings. The van der Waals surface area contributed by atoms with Crippen molar-refractivity contribution < 1.29 is 13.9 Å². The van der Waals surface area contributed by atoms with Gasteiger partial charge in [-0.05, 0) is 54.6 Å². The van der Waals surface area contributed by atoms with Crippen LogP contribution in [-0.4, -0.2) is 18.0 Å². The zero-order chi connectivity index (χ0) is 19.5. The molecule has 1 amide bonds. The molecule has 2 heterocycles. The minimum absolute atomic E-state index is 0.190. The fraction of sp³-hybridized carbons (Fsp3) is 0.0455. The van der Waals surface area contributed by atoms with Gasteiger partial charge in [0.25, 0.3) is 5.91 Å². The van der Waals surface area contributed by atoms with Crippen LogP contribution in [0.4, 0.5) is 5.69 Å².